The molecular weight excluding hydrogens is 259 g/mol. The van der Waals surface area contributed by atoms with Gasteiger partial charge in [-0.15, -0.1) is 0 Å². The zero-order chi connectivity index (χ0) is 13.5. The molecule has 0 spiro atoms. The lowest BCUT2D eigenvalue weighted by molar-refractivity contribution is -0.387. The first kappa shape index (κ1) is 14.7. The van der Waals surface area contributed by atoms with Crippen molar-refractivity contribution in [3.05, 3.63) is 39.7 Å². The van der Waals surface area contributed by atoms with Crippen LogP contribution in [0.3, 0.4) is 0 Å². The molecular formula is C11H15FN2O3S. The molecule has 1 aromatic carbocycles. The summed E-state index contributed by atoms with van der Waals surface area (Å²) < 4.78 is 24.1. The van der Waals surface area contributed by atoms with Crippen molar-refractivity contribution in [1.29, 1.82) is 0 Å². The molecule has 0 aliphatic rings. The summed E-state index contributed by atoms with van der Waals surface area (Å²) in [5, 5.41) is 13.5. The number of nitro benzene ring substituents is 1. The molecule has 100 valence electrons. The van der Waals surface area contributed by atoms with E-state index in [9.17, 15) is 18.7 Å². The molecule has 1 unspecified atom stereocenters. The van der Waals surface area contributed by atoms with Gasteiger partial charge in [-0.2, -0.15) is 4.39 Å². The molecule has 0 aromatic heterocycles. The van der Waals surface area contributed by atoms with Crippen molar-refractivity contribution in [3.63, 3.8) is 0 Å². The fourth-order valence-electron chi connectivity index (χ4n) is 1.44. The monoisotopic (exact) mass is 274 g/mol. The van der Waals surface area contributed by atoms with Crippen LogP contribution in [0.5, 0.6) is 0 Å². The average molecular weight is 274 g/mol. The molecule has 18 heavy (non-hydrogen) atoms. The normalized spacial score (nSPS) is 12.3. The lowest BCUT2D eigenvalue weighted by Crippen LogP contribution is -2.16. The molecule has 0 saturated carbocycles. The zero-order valence-corrected chi connectivity index (χ0v) is 10.8. The molecule has 7 heteroatoms. The van der Waals surface area contributed by atoms with Crippen molar-refractivity contribution >= 4 is 16.5 Å². The second kappa shape index (κ2) is 7.17. The number of nitrogens with one attached hydrogen (secondary N) is 1. The highest BCUT2D eigenvalue weighted by Crippen LogP contribution is 2.17. The molecule has 0 amide bonds. The summed E-state index contributed by atoms with van der Waals surface area (Å²) in [7, 11) is -0.801. The van der Waals surface area contributed by atoms with Crippen molar-refractivity contribution in [2.24, 2.45) is 0 Å². The maximum absolute atomic E-state index is 13.3. The van der Waals surface area contributed by atoms with E-state index in [1.165, 1.54) is 6.07 Å². The molecule has 1 atom stereocenters. The minimum atomic E-state index is -0.825. The van der Waals surface area contributed by atoms with Crippen molar-refractivity contribution in [3.8, 4) is 0 Å². The first-order valence-electron chi connectivity index (χ1n) is 5.44. The van der Waals surface area contributed by atoms with Crippen LogP contribution < -0.4 is 5.32 Å². The fraction of sp³-hybridized carbons (Fsp3) is 0.455. The Kier molecular flexibility index (Phi) is 5.87. The highest BCUT2D eigenvalue weighted by Gasteiger charge is 2.13. The standard InChI is InChI=1S/C11H15FN2O3S/c1-18(17)6-2-5-13-8-9-3-4-11(14(15)16)10(12)7-9/h3-4,7,13H,2,5-6,8H2,1H3. The van der Waals surface area contributed by atoms with Gasteiger partial charge in [0.15, 0.2) is 0 Å². The minimum absolute atomic E-state index is 0.436. The Labute approximate surface area is 107 Å². The van der Waals surface area contributed by atoms with E-state index in [-0.39, 0.29) is 0 Å². The second-order valence-corrected chi connectivity index (χ2v) is 5.41. The smallest absolute Gasteiger partial charge is 0.304 e. The van der Waals surface area contributed by atoms with Gasteiger partial charge in [0.1, 0.15) is 0 Å². The van der Waals surface area contributed by atoms with Gasteiger partial charge in [0.25, 0.3) is 0 Å². The fourth-order valence-corrected chi connectivity index (χ4v) is 1.99. The highest BCUT2D eigenvalue weighted by molar-refractivity contribution is 7.84. The van der Waals surface area contributed by atoms with Gasteiger partial charge in [0, 0.05) is 35.4 Å². The SMILES string of the molecule is CS(=O)CCCNCc1ccc([N+](=O)[O-])c(F)c1. The number of benzene rings is 1. The Morgan fingerprint density at radius 1 is 1.50 bits per heavy atom. The Bertz CT molecular complexity index is 454. The minimum Gasteiger partial charge on any atom is -0.313 e. The summed E-state index contributed by atoms with van der Waals surface area (Å²) >= 11 is 0. The van der Waals surface area contributed by atoms with Crippen LogP contribution in [0, 0.1) is 15.9 Å². The van der Waals surface area contributed by atoms with Crippen LogP contribution in [-0.2, 0) is 17.3 Å². The van der Waals surface area contributed by atoms with E-state index in [1.54, 1.807) is 6.26 Å². The van der Waals surface area contributed by atoms with Gasteiger partial charge in [-0.05, 0) is 24.6 Å². The first-order chi connectivity index (χ1) is 8.50. The highest BCUT2D eigenvalue weighted by atomic mass is 32.2. The molecule has 0 radical (unpaired) electrons. The molecule has 1 N–H and O–H groups in total. The molecule has 5 nitrogen and oxygen atoms in total. The number of nitrogens with zero attached hydrogens (tertiary/aromatic N) is 1. The van der Waals surface area contributed by atoms with E-state index >= 15 is 0 Å². The summed E-state index contributed by atoms with van der Waals surface area (Å²) in [6.07, 6.45) is 2.42. The molecule has 0 fully saturated rings. The molecule has 0 heterocycles. The largest absolute Gasteiger partial charge is 0.313 e. The zero-order valence-electron chi connectivity index (χ0n) is 10.0. The van der Waals surface area contributed by atoms with Gasteiger partial charge in [-0.3, -0.25) is 14.3 Å². The summed E-state index contributed by atoms with van der Waals surface area (Å²) in [5.74, 6) is -0.198. The third-order valence-electron chi connectivity index (χ3n) is 2.32. The van der Waals surface area contributed by atoms with E-state index in [0.29, 0.717) is 24.4 Å². The van der Waals surface area contributed by atoms with Gasteiger partial charge in [-0.1, -0.05) is 6.07 Å². The van der Waals surface area contributed by atoms with E-state index < -0.39 is 27.2 Å². The Morgan fingerprint density at radius 2 is 2.22 bits per heavy atom. The van der Waals surface area contributed by atoms with Crippen LogP contribution in [0.25, 0.3) is 0 Å². The Hall–Kier alpha value is -1.34. The number of nitro groups is 1. The van der Waals surface area contributed by atoms with E-state index in [1.807, 2.05) is 0 Å². The average Bonchev–Trinajstić information content (AvgIpc) is 2.27. The van der Waals surface area contributed by atoms with Gasteiger partial charge in [-0.25, -0.2) is 0 Å². The van der Waals surface area contributed by atoms with Gasteiger partial charge < -0.3 is 5.32 Å². The molecule has 0 aliphatic heterocycles. The lowest BCUT2D eigenvalue weighted by atomic mass is 10.2. The van der Waals surface area contributed by atoms with E-state index in [0.717, 1.165) is 18.6 Å². The topological polar surface area (TPSA) is 72.2 Å². The van der Waals surface area contributed by atoms with Crippen LogP contribution >= 0.6 is 0 Å². The number of rotatable bonds is 7. The molecule has 0 saturated heterocycles. The summed E-state index contributed by atoms with van der Waals surface area (Å²) in [6, 6.07) is 3.84. The van der Waals surface area contributed by atoms with Crippen LogP contribution in [0.2, 0.25) is 0 Å². The van der Waals surface area contributed by atoms with Crippen molar-refractivity contribution in [2.75, 3.05) is 18.6 Å². The van der Waals surface area contributed by atoms with Crippen molar-refractivity contribution in [1.82, 2.24) is 5.32 Å². The Balaban J connectivity index is 2.42. The Morgan fingerprint density at radius 3 is 2.78 bits per heavy atom. The number of hydrogen-bond donors (Lipinski definition) is 1. The van der Waals surface area contributed by atoms with Crippen LogP contribution in [0.4, 0.5) is 10.1 Å². The summed E-state index contributed by atoms with van der Waals surface area (Å²) in [6.45, 7) is 1.11. The quantitative estimate of drug-likeness (QED) is 0.465. The number of halogens is 1. The lowest BCUT2D eigenvalue weighted by Gasteiger charge is -2.04. The summed E-state index contributed by atoms with van der Waals surface area (Å²) in [5.41, 5.74) is 0.135. The van der Waals surface area contributed by atoms with Crippen molar-refractivity contribution in [2.45, 2.75) is 13.0 Å². The van der Waals surface area contributed by atoms with E-state index in [2.05, 4.69) is 5.32 Å². The molecule has 1 aromatic rings. The molecule has 1 rings (SSSR count). The third kappa shape index (κ3) is 4.89. The predicted molar refractivity (Wildman–Crippen MR) is 68.3 cm³/mol. The van der Waals surface area contributed by atoms with E-state index in [4.69, 9.17) is 0 Å². The predicted octanol–water partition coefficient (Wildman–Crippen LogP) is 1.59. The second-order valence-electron chi connectivity index (χ2n) is 3.85. The summed E-state index contributed by atoms with van der Waals surface area (Å²) in [4.78, 5) is 9.67. The van der Waals surface area contributed by atoms with Crippen molar-refractivity contribution < 1.29 is 13.5 Å². The molecule has 0 bridgehead atoms. The van der Waals surface area contributed by atoms with Crippen LogP contribution in [0.15, 0.2) is 18.2 Å². The number of hydrogen-bond acceptors (Lipinski definition) is 4. The first-order valence-corrected chi connectivity index (χ1v) is 7.17. The van der Waals surface area contributed by atoms with Gasteiger partial charge >= 0.3 is 5.69 Å². The third-order valence-corrected chi connectivity index (χ3v) is 3.19. The van der Waals surface area contributed by atoms with Crippen LogP contribution in [0.1, 0.15) is 12.0 Å². The molecule has 0 aliphatic carbocycles. The maximum atomic E-state index is 13.3. The van der Waals surface area contributed by atoms with Gasteiger partial charge in [0.2, 0.25) is 5.82 Å². The van der Waals surface area contributed by atoms with Crippen LogP contribution in [-0.4, -0.2) is 27.7 Å². The maximum Gasteiger partial charge on any atom is 0.304 e. The van der Waals surface area contributed by atoms with Gasteiger partial charge in [0.05, 0.1) is 4.92 Å².